The molecule has 3 N–H and O–H groups in total. The number of benzene rings is 1. The fraction of sp³-hybridized carbons (Fsp3) is 0.462. The molecule has 0 bridgehead atoms. The number of para-hydroxylation sites is 1. The predicted molar refractivity (Wildman–Crippen MR) is 77.6 cm³/mol. The highest BCUT2D eigenvalue weighted by atomic mass is 32.2. The molecule has 1 aliphatic heterocycles. The topological polar surface area (TPSA) is 92.5 Å². The standard InChI is InChI=1S/C13H19N3O3S/c14-20(18,19)10-11-8-13(17)16(9-11)7-6-15-12-4-2-1-3-5-12/h1-5,11,15H,6-10H2,(H2,14,18,19). The van der Waals surface area contributed by atoms with Crippen LogP contribution in [0.4, 0.5) is 5.69 Å². The molecule has 1 heterocycles. The Kier molecular flexibility index (Phi) is 4.61. The molecular weight excluding hydrogens is 278 g/mol. The lowest BCUT2D eigenvalue weighted by Crippen LogP contribution is -2.31. The van der Waals surface area contributed by atoms with Crippen molar-refractivity contribution >= 4 is 21.6 Å². The van der Waals surface area contributed by atoms with Crippen LogP contribution < -0.4 is 10.5 Å². The van der Waals surface area contributed by atoms with Crippen molar-refractivity contribution < 1.29 is 13.2 Å². The Labute approximate surface area is 119 Å². The van der Waals surface area contributed by atoms with Crippen LogP contribution in [0.25, 0.3) is 0 Å². The number of hydrogen-bond acceptors (Lipinski definition) is 4. The minimum atomic E-state index is -3.51. The van der Waals surface area contributed by atoms with Gasteiger partial charge in [-0.3, -0.25) is 4.79 Å². The summed E-state index contributed by atoms with van der Waals surface area (Å²) in [5.74, 6) is -0.316. The van der Waals surface area contributed by atoms with Gasteiger partial charge in [-0.2, -0.15) is 0 Å². The van der Waals surface area contributed by atoms with Gasteiger partial charge in [0.05, 0.1) is 5.75 Å². The van der Waals surface area contributed by atoms with Crippen molar-refractivity contribution in [2.24, 2.45) is 11.1 Å². The molecule has 2 rings (SSSR count). The summed E-state index contributed by atoms with van der Waals surface area (Å²) in [7, 11) is -3.51. The molecule has 1 aliphatic rings. The van der Waals surface area contributed by atoms with Crippen molar-refractivity contribution in [1.29, 1.82) is 0 Å². The third-order valence-corrected chi connectivity index (χ3v) is 4.18. The van der Waals surface area contributed by atoms with Crippen molar-refractivity contribution in [3.63, 3.8) is 0 Å². The van der Waals surface area contributed by atoms with Crippen LogP contribution in [-0.2, 0) is 14.8 Å². The van der Waals surface area contributed by atoms with Gasteiger partial charge in [0.25, 0.3) is 0 Å². The molecule has 0 spiro atoms. The molecule has 20 heavy (non-hydrogen) atoms. The number of hydrogen-bond donors (Lipinski definition) is 2. The van der Waals surface area contributed by atoms with Crippen LogP contribution in [0.5, 0.6) is 0 Å². The lowest BCUT2D eigenvalue weighted by atomic mass is 10.1. The number of amides is 1. The number of nitrogens with one attached hydrogen (secondary N) is 1. The maximum absolute atomic E-state index is 11.8. The fourth-order valence-electron chi connectivity index (χ4n) is 2.40. The first-order valence-corrected chi connectivity index (χ1v) is 8.23. The molecule has 1 aromatic rings. The smallest absolute Gasteiger partial charge is 0.223 e. The van der Waals surface area contributed by atoms with Crippen LogP contribution >= 0.6 is 0 Å². The van der Waals surface area contributed by atoms with Gasteiger partial charge in [-0.05, 0) is 12.1 Å². The number of primary sulfonamides is 1. The highest BCUT2D eigenvalue weighted by Crippen LogP contribution is 2.18. The first-order valence-electron chi connectivity index (χ1n) is 6.51. The number of nitrogens with zero attached hydrogens (tertiary/aromatic N) is 1. The third-order valence-electron chi connectivity index (χ3n) is 3.25. The van der Waals surface area contributed by atoms with Crippen molar-refractivity contribution in [3.8, 4) is 0 Å². The first kappa shape index (κ1) is 14.8. The number of nitrogens with two attached hydrogens (primary N) is 1. The van der Waals surface area contributed by atoms with Gasteiger partial charge in [0.15, 0.2) is 0 Å². The summed E-state index contributed by atoms with van der Waals surface area (Å²) in [6, 6.07) is 9.72. The summed E-state index contributed by atoms with van der Waals surface area (Å²) in [6.07, 6.45) is 0.266. The van der Waals surface area contributed by atoms with E-state index in [0.717, 1.165) is 5.69 Å². The van der Waals surface area contributed by atoms with Crippen molar-refractivity contribution in [2.75, 3.05) is 30.7 Å². The summed E-state index contributed by atoms with van der Waals surface area (Å²) in [4.78, 5) is 13.5. The van der Waals surface area contributed by atoms with Crippen LogP contribution in [0.1, 0.15) is 6.42 Å². The van der Waals surface area contributed by atoms with Crippen molar-refractivity contribution in [3.05, 3.63) is 30.3 Å². The van der Waals surface area contributed by atoms with Crippen LogP contribution in [0.2, 0.25) is 0 Å². The van der Waals surface area contributed by atoms with E-state index in [1.807, 2.05) is 30.3 Å². The molecule has 0 aromatic heterocycles. The van der Waals surface area contributed by atoms with E-state index in [4.69, 9.17) is 5.14 Å². The minimum Gasteiger partial charge on any atom is -0.383 e. The summed E-state index contributed by atoms with van der Waals surface area (Å²) in [6.45, 7) is 1.67. The van der Waals surface area contributed by atoms with Gasteiger partial charge >= 0.3 is 0 Å². The molecule has 1 aromatic carbocycles. The molecular formula is C13H19N3O3S. The van der Waals surface area contributed by atoms with Gasteiger partial charge in [-0.25, -0.2) is 13.6 Å². The van der Waals surface area contributed by atoms with E-state index < -0.39 is 10.0 Å². The number of carbonyl (C=O) groups excluding carboxylic acids is 1. The van der Waals surface area contributed by atoms with Gasteiger partial charge in [0.2, 0.25) is 15.9 Å². The molecule has 6 nitrogen and oxygen atoms in total. The molecule has 0 saturated carbocycles. The highest BCUT2D eigenvalue weighted by Gasteiger charge is 2.31. The SMILES string of the molecule is NS(=O)(=O)CC1CC(=O)N(CCNc2ccccc2)C1. The summed E-state index contributed by atoms with van der Waals surface area (Å²) < 4.78 is 22.1. The maximum Gasteiger partial charge on any atom is 0.223 e. The zero-order valence-electron chi connectivity index (χ0n) is 11.2. The zero-order valence-corrected chi connectivity index (χ0v) is 12.0. The zero-order chi connectivity index (χ0) is 14.6. The lowest BCUT2D eigenvalue weighted by Gasteiger charge is -2.17. The van der Waals surface area contributed by atoms with E-state index in [2.05, 4.69) is 5.32 Å². The Morgan fingerprint density at radius 1 is 1.30 bits per heavy atom. The van der Waals surface area contributed by atoms with E-state index in [-0.39, 0.29) is 24.0 Å². The highest BCUT2D eigenvalue weighted by molar-refractivity contribution is 7.89. The summed E-state index contributed by atoms with van der Waals surface area (Å²) >= 11 is 0. The first-order chi connectivity index (χ1) is 9.44. The Bertz CT molecular complexity index is 559. The molecule has 1 atom stereocenters. The number of likely N-dealkylation sites (tertiary alicyclic amines) is 1. The van der Waals surface area contributed by atoms with Gasteiger partial charge in [-0.1, -0.05) is 18.2 Å². The van der Waals surface area contributed by atoms with E-state index in [9.17, 15) is 13.2 Å². The number of rotatable bonds is 6. The maximum atomic E-state index is 11.8. The van der Waals surface area contributed by atoms with E-state index in [1.165, 1.54) is 0 Å². The van der Waals surface area contributed by atoms with E-state index in [1.54, 1.807) is 4.90 Å². The molecule has 1 unspecified atom stereocenters. The normalized spacial score (nSPS) is 19.4. The number of sulfonamides is 1. The van der Waals surface area contributed by atoms with E-state index in [0.29, 0.717) is 19.6 Å². The second-order valence-electron chi connectivity index (χ2n) is 5.03. The van der Waals surface area contributed by atoms with Crippen LogP contribution in [0.15, 0.2) is 30.3 Å². The molecule has 0 radical (unpaired) electrons. The summed E-state index contributed by atoms with van der Waals surface area (Å²) in [5.41, 5.74) is 1.00. The number of carbonyl (C=O) groups is 1. The summed E-state index contributed by atoms with van der Waals surface area (Å²) in [5, 5.41) is 8.23. The van der Waals surface area contributed by atoms with Crippen LogP contribution in [0.3, 0.4) is 0 Å². The second kappa shape index (κ2) is 6.23. The average Bonchev–Trinajstić information content (AvgIpc) is 2.68. The molecule has 1 saturated heterocycles. The lowest BCUT2D eigenvalue weighted by molar-refractivity contribution is -0.127. The van der Waals surface area contributed by atoms with E-state index >= 15 is 0 Å². The second-order valence-corrected chi connectivity index (χ2v) is 6.69. The van der Waals surface area contributed by atoms with Gasteiger partial charge < -0.3 is 10.2 Å². The van der Waals surface area contributed by atoms with Gasteiger partial charge in [-0.15, -0.1) is 0 Å². The molecule has 0 aliphatic carbocycles. The Morgan fingerprint density at radius 3 is 2.65 bits per heavy atom. The van der Waals surface area contributed by atoms with Gasteiger partial charge in [0, 0.05) is 37.7 Å². The third kappa shape index (κ3) is 4.50. The Balaban J connectivity index is 1.78. The van der Waals surface area contributed by atoms with Crippen LogP contribution in [-0.4, -0.2) is 44.6 Å². The predicted octanol–water partition coefficient (Wildman–Crippen LogP) is 0.236. The molecule has 1 fully saturated rings. The fourth-order valence-corrected chi connectivity index (χ4v) is 3.28. The Morgan fingerprint density at radius 2 is 2.00 bits per heavy atom. The van der Waals surface area contributed by atoms with Gasteiger partial charge in [0.1, 0.15) is 0 Å². The Hall–Kier alpha value is -1.60. The largest absolute Gasteiger partial charge is 0.383 e. The quantitative estimate of drug-likeness (QED) is 0.786. The average molecular weight is 297 g/mol. The molecule has 110 valence electrons. The number of anilines is 1. The van der Waals surface area contributed by atoms with Crippen LogP contribution in [0, 0.1) is 5.92 Å². The monoisotopic (exact) mass is 297 g/mol. The van der Waals surface area contributed by atoms with Crippen molar-refractivity contribution in [1.82, 2.24) is 4.90 Å². The van der Waals surface area contributed by atoms with Crippen molar-refractivity contribution in [2.45, 2.75) is 6.42 Å². The minimum absolute atomic E-state index is 0.00601. The molecule has 1 amide bonds. The molecule has 7 heteroatoms.